The van der Waals surface area contributed by atoms with Gasteiger partial charge in [-0.25, -0.2) is 9.59 Å². The summed E-state index contributed by atoms with van der Waals surface area (Å²) in [6.07, 6.45) is -1.52. The van der Waals surface area contributed by atoms with Crippen molar-refractivity contribution < 1.29 is 38.0 Å². The molecule has 3 heterocycles. The maximum atomic E-state index is 13.0. The number of carbonyl (C=O) groups is 2. The Morgan fingerprint density at radius 2 is 1.53 bits per heavy atom. The van der Waals surface area contributed by atoms with Gasteiger partial charge in [0.15, 0.2) is 23.9 Å². The van der Waals surface area contributed by atoms with E-state index in [1.54, 1.807) is 59.3 Å². The summed E-state index contributed by atoms with van der Waals surface area (Å²) in [7, 11) is 0. The summed E-state index contributed by atoms with van der Waals surface area (Å²) in [5, 5.41) is 7.76. The van der Waals surface area contributed by atoms with E-state index in [4.69, 9.17) is 33.8 Å². The topological polar surface area (TPSA) is 131 Å². The molecule has 0 bridgehead atoms. The van der Waals surface area contributed by atoms with Gasteiger partial charge in [0.1, 0.15) is 24.2 Å². The van der Waals surface area contributed by atoms with Crippen molar-refractivity contribution >= 4 is 11.9 Å². The molecule has 2 aromatic carbocycles. The Labute approximate surface area is 218 Å². The second-order valence-corrected chi connectivity index (χ2v) is 8.53. The van der Waals surface area contributed by atoms with Crippen LogP contribution in [0.25, 0.3) is 0 Å². The summed E-state index contributed by atoms with van der Waals surface area (Å²) in [5.41, 5.74) is 0.689. The van der Waals surface area contributed by atoms with E-state index in [1.165, 1.54) is 6.07 Å². The minimum absolute atomic E-state index is 0.0278. The van der Waals surface area contributed by atoms with Crippen molar-refractivity contribution in [1.29, 1.82) is 5.41 Å². The van der Waals surface area contributed by atoms with Gasteiger partial charge in [0.25, 0.3) is 0 Å². The van der Waals surface area contributed by atoms with Gasteiger partial charge in [0.2, 0.25) is 0 Å². The van der Waals surface area contributed by atoms with Gasteiger partial charge < -0.3 is 28.4 Å². The fourth-order valence-electron chi connectivity index (χ4n) is 4.29. The number of fused-ring (bicyclic) bond motifs is 3. The Morgan fingerprint density at radius 1 is 0.921 bits per heavy atom. The number of hydrogen-bond acceptors (Lipinski definition) is 10. The summed E-state index contributed by atoms with van der Waals surface area (Å²) >= 11 is 0. The van der Waals surface area contributed by atoms with Gasteiger partial charge >= 0.3 is 17.9 Å². The van der Waals surface area contributed by atoms with E-state index in [0.717, 1.165) is 0 Å². The van der Waals surface area contributed by atoms with E-state index < -0.39 is 36.5 Å². The molecule has 0 unspecified atom stereocenters. The molecule has 0 spiro atoms. The van der Waals surface area contributed by atoms with Gasteiger partial charge in [0.05, 0.1) is 24.3 Å². The van der Waals surface area contributed by atoms with Crippen LogP contribution >= 0.6 is 0 Å². The first-order chi connectivity index (χ1) is 18.5. The third-order valence-corrected chi connectivity index (χ3v) is 6.05. The molecule has 1 aromatic heterocycles. The zero-order valence-electron chi connectivity index (χ0n) is 20.9. The molecule has 0 aliphatic carbocycles. The molecule has 0 saturated carbocycles. The molecule has 1 N–H and O–H groups in total. The van der Waals surface area contributed by atoms with Crippen LogP contribution in [0, 0.1) is 5.41 Å². The molecule has 11 nitrogen and oxygen atoms in total. The number of carbonyl (C=O) groups excluding carboxylic acids is 2. The molecular weight excluding hydrogens is 494 g/mol. The molecule has 1 fully saturated rings. The Morgan fingerprint density at radius 3 is 2.13 bits per heavy atom. The zero-order valence-corrected chi connectivity index (χ0v) is 20.9. The Kier molecular flexibility index (Phi) is 7.27. The van der Waals surface area contributed by atoms with Crippen LogP contribution in [0.4, 0.5) is 0 Å². The van der Waals surface area contributed by atoms with E-state index >= 15 is 0 Å². The standard InChI is InChI=1S/C27H27N3O8/c1-3-33-18-9-5-16(6-10-18)25(31)35-15-20-22(37-26(32)17-7-11-19(12-8-17)34-4-2)23-24(36-20)30-14-13-21(28)29-27(30)38-23/h5-14,20,22-24,28H,3-4,15H2,1-2H3/t20-,22-,23-,24-/m1/s1. The third kappa shape index (κ3) is 5.18. The normalized spacial score (nSPS) is 21.1. The maximum absolute atomic E-state index is 13.0. The quantitative estimate of drug-likeness (QED) is 0.422. The van der Waals surface area contributed by atoms with Gasteiger partial charge in [-0.2, -0.15) is 4.98 Å². The molecule has 4 atom stereocenters. The van der Waals surface area contributed by atoms with Crippen molar-refractivity contribution in [2.24, 2.45) is 0 Å². The predicted molar refractivity (Wildman–Crippen MR) is 131 cm³/mol. The van der Waals surface area contributed by atoms with Gasteiger partial charge in [-0.1, -0.05) is 0 Å². The number of ether oxygens (including phenoxy) is 6. The highest BCUT2D eigenvalue weighted by atomic mass is 16.7. The largest absolute Gasteiger partial charge is 0.494 e. The lowest BCUT2D eigenvalue weighted by atomic mass is 10.1. The van der Waals surface area contributed by atoms with Crippen LogP contribution in [0.5, 0.6) is 17.5 Å². The minimum Gasteiger partial charge on any atom is -0.494 e. The molecule has 11 heteroatoms. The average Bonchev–Trinajstić information content (AvgIpc) is 3.43. The monoisotopic (exact) mass is 521 g/mol. The maximum Gasteiger partial charge on any atom is 0.338 e. The smallest absolute Gasteiger partial charge is 0.338 e. The number of nitrogens with zero attached hydrogens (tertiary/aromatic N) is 2. The molecule has 5 rings (SSSR count). The lowest BCUT2D eigenvalue weighted by Crippen LogP contribution is -2.40. The van der Waals surface area contributed by atoms with Crippen LogP contribution in [0.1, 0.15) is 40.8 Å². The van der Waals surface area contributed by atoms with Gasteiger partial charge in [0, 0.05) is 6.20 Å². The molecule has 3 aromatic rings. The van der Waals surface area contributed by atoms with Crippen molar-refractivity contribution in [3.63, 3.8) is 0 Å². The Balaban J connectivity index is 1.32. The van der Waals surface area contributed by atoms with Crippen molar-refractivity contribution in [2.45, 2.75) is 38.4 Å². The Bertz CT molecular complexity index is 1360. The number of nitrogens with one attached hydrogen (secondary N) is 1. The number of aromatic nitrogens is 2. The highest BCUT2D eigenvalue weighted by molar-refractivity contribution is 5.90. The molecule has 198 valence electrons. The van der Waals surface area contributed by atoms with E-state index in [2.05, 4.69) is 4.98 Å². The summed E-state index contributed by atoms with van der Waals surface area (Å²) in [5.74, 6) is 0.133. The van der Waals surface area contributed by atoms with Gasteiger partial charge in [-0.3, -0.25) is 9.98 Å². The van der Waals surface area contributed by atoms with Crippen LogP contribution < -0.4 is 19.7 Å². The summed E-state index contributed by atoms with van der Waals surface area (Å²) in [6, 6.07) is 14.9. The summed E-state index contributed by atoms with van der Waals surface area (Å²) < 4.78 is 35.9. The first kappa shape index (κ1) is 25.3. The second kappa shape index (κ2) is 10.9. The van der Waals surface area contributed by atoms with Crippen LogP contribution in [-0.4, -0.2) is 59.6 Å². The highest BCUT2D eigenvalue weighted by Crippen LogP contribution is 2.40. The molecule has 2 aliphatic heterocycles. The highest BCUT2D eigenvalue weighted by Gasteiger charge is 2.54. The fourth-order valence-corrected chi connectivity index (χ4v) is 4.29. The Hall–Kier alpha value is -4.38. The molecule has 1 saturated heterocycles. The molecule has 0 amide bonds. The average molecular weight is 522 g/mol. The number of hydrogen-bond donors (Lipinski definition) is 1. The van der Waals surface area contributed by atoms with E-state index in [0.29, 0.717) is 35.8 Å². The van der Waals surface area contributed by atoms with Gasteiger partial charge in [-0.05, 0) is 68.4 Å². The molecule has 0 radical (unpaired) electrons. The van der Waals surface area contributed by atoms with E-state index in [9.17, 15) is 9.59 Å². The lowest BCUT2D eigenvalue weighted by molar-refractivity contribution is -0.0574. The van der Waals surface area contributed by atoms with Crippen molar-refractivity contribution in [1.82, 2.24) is 9.55 Å². The summed E-state index contributed by atoms with van der Waals surface area (Å²) in [6.45, 7) is 4.60. The zero-order chi connectivity index (χ0) is 26.6. The van der Waals surface area contributed by atoms with Crippen LogP contribution in [0.15, 0.2) is 60.8 Å². The van der Waals surface area contributed by atoms with Crippen molar-refractivity contribution in [3.05, 3.63) is 77.4 Å². The lowest BCUT2D eigenvalue weighted by Gasteiger charge is -2.22. The number of benzene rings is 2. The third-order valence-electron chi connectivity index (χ3n) is 6.05. The van der Waals surface area contributed by atoms with Crippen molar-refractivity contribution in [2.75, 3.05) is 19.8 Å². The fraction of sp³-hybridized carbons (Fsp3) is 0.333. The number of rotatable bonds is 9. The predicted octanol–water partition coefficient (Wildman–Crippen LogP) is 2.90. The van der Waals surface area contributed by atoms with Crippen LogP contribution in [-0.2, 0) is 14.2 Å². The summed E-state index contributed by atoms with van der Waals surface area (Å²) in [4.78, 5) is 29.8. The van der Waals surface area contributed by atoms with Crippen LogP contribution in [0.3, 0.4) is 0 Å². The van der Waals surface area contributed by atoms with Gasteiger partial charge in [-0.15, -0.1) is 0 Å². The molecule has 2 aliphatic rings. The SMILES string of the molecule is CCOc1ccc(C(=O)OC[C@H]2O[C@@H]3[C@H](Oc4nc(=N)ccn43)[C@@H]2OC(=O)c2ccc(OCC)cc2)cc1. The minimum atomic E-state index is -0.914. The number of esters is 2. The second-order valence-electron chi connectivity index (χ2n) is 8.53. The first-order valence-corrected chi connectivity index (χ1v) is 12.3. The first-order valence-electron chi connectivity index (χ1n) is 12.3. The van der Waals surface area contributed by atoms with Crippen molar-refractivity contribution in [3.8, 4) is 17.5 Å². The van der Waals surface area contributed by atoms with E-state index in [1.807, 2.05) is 13.8 Å². The molecular formula is C27H27N3O8. The van der Waals surface area contributed by atoms with Crippen LogP contribution in [0.2, 0.25) is 0 Å². The molecule has 38 heavy (non-hydrogen) atoms. The van der Waals surface area contributed by atoms with E-state index in [-0.39, 0.29) is 18.1 Å².